The van der Waals surface area contributed by atoms with Crippen LogP contribution in [0.4, 0.5) is 39.9 Å². The summed E-state index contributed by atoms with van der Waals surface area (Å²) in [7, 11) is -1.55. The first-order valence-corrected chi connectivity index (χ1v) is 12.9. The zero-order chi connectivity index (χ0) is 29.2. The Bertz CT molecular complexity index is 1650. The molecule has 2 aromatic carbocycles. The predicted molar refractivity (Wildman–Crippen MR) is 137 cm³/mol. The molecule has 0 spiro atoms. The number of hydrogen-bond acceptors (Lipinski definition) is 7. The molecule has 4 aromatic rings. The van der Waals surface area contributed by atoms with Crippen LogP contribution in [-0.2, 0) is 16.2 Å². The Morgan fingerprint density at radius 1 is 1.12 bits per heavy atom. The average molecular weight is 600 g/mol. The van der Waals surface area contributed by atoms with Crippen LogP contribution < -0.4 is 19.7 Å². The highest BCUT2D eigenvalue weighted by atomic mass is 35.5. The Kier molecular flexibility index (Phi) is 7.88. The van der Waals surface area contributed by atoms with Crippen molar-refractivity contribution in [1.29, 1.82) is 0 Å². The van der Waals surface area contributed by atoms with Crippen molar-refractivity contribution in [2.24, 2.45) is 0 Å². The molecule has 0 fully saturated rings. The zero-order valence-electron chi connectivity index (χ0n) is 20.5. The Hall–Kier alpha value is -4.37. The van der Waals surface area contributed by atoms with Crippen LogP contribution in [0.15, 0.2) is 70.4 Å². The van der Waals surface area contributed by atoms with Crippen molar-refractivity contribution in [3.05, 3.63) is 77.5 Å². The molecule has 2 amide bonds. The van der Waals surface area contributed by atoms with Crippen LogP contribution in [0.5, 0.6) is 5.75 Å². The van der Waals surface area contributed by atoms with Crippen LogP contribution in [0, 0.1) is 5.82 Å². The molecule has 0 radical (unpaired) electrons. The number of oxazole rings is 1. The van der Waals surface area contributed by atoms with Crippen LogP contribution in [0.3, 0.4) is 0 Å². The molecular formula is C24H18ClF4N5O5S. The fraction of sp³-hybridized carbons (Fsp3) is 0.125. The Morgan fingerprint density at radius 3 is 2.45 bits per heavy atom. The topological polar surface area (TPSA) is 127 Å². The molecule has 10 nitrogen and oxygen atoms in total. The molecule has 0 saturated heterocycles. The number of sulfonamides is 1. The quantitative estimate of drug-likeness (QED) is 0.256. The fourth-order valence-electron chi connectivity index (χ4n) is 3.57. The summed E-state index contributed by atoms with van der Waals surface area (Å²) in [5, 5.41) is 2.32. The predicted octanol–water partition coefficient (Wildman–Crippen LogP) is 5.83. The van der Waals surface area contributed by atoms with Gasteiger partial charge in [0, 0.05) is 18.8 Å². The fourth-order valence-corrected chi connectivity index (χ4v) is 4.73. The Balaban J connectivity index is 1.76. The van der Waals surface area contributed by atoms with Crippen LogP contribution >= 0.6 is 11.6 Å². The normalized spacial score (nSPS) is 11.7. The number of carbonyl (C=O) groups is 1. The largest absolute Gasteiger partial charge is 0.495 e. The molecule has 210 valence electrons. The first kappa shape index (κ1) is 28.6. The molecule has 0 aliphatic rings. The minimum absolute atomic E-state index is 0.00931. The van der Waals surface area contributed by atoms with Gasteiger partial charge in [0.05, 0.1) is 29.6 Å². The lowest BCUT2D eigenvalue weighted by Gasteiger charge is -2.24. The zero-order valence-corrected chi connectivity index (χ0v) is 22.0. The number of benzene rings is 2. The molecule has 0 aliphatic carbocycles. The number of aromatic nitrogens is 2. The van der Waals surface area contributed by atoms with Crippen molar-refractivity contribution in [2.45, 2.75) is 11.1 Å². The van der Waals surface area contributed by atoms with Crippen molar-refractivity contribution in [1.82, 2.24) is 15.3 Å². The van der Waals surface area contributed by atoms with E-state index < -0.39 is 33.6 Å². The van der Waals surface area contributed by atoms with Gasteiger partial charge in [0.25, 0.3) is 10.0 Å². The lowest BCUT2D eigenvalue weighted by atomic mass is 10.0. The van der Waals surface area contributed by atoms with Gasteiger partial charge in [-0.3, -0.25) is 0 Å². The van der Waals surface area contributed by atoms with Gasteiger partial charge in [0.1, 0.15) is 28.5 Å². The van der Waals surface area contributed by atoms with E-state index in [0.29, 0.717) is 12.1 Å². The van der Waals surface area contributed by atoms with Crippen LogP contribution in [0.1, 0.15) is 5.56 Å². The molecule has 0 bridgehead atoms. The maximum Gasteiger partial charge on any atom is 0.419 e. The number of nitrogens with zero attached hydrogens (tertiary/aromatic N) is 3. The number of nitrogens with one attached hydrogen (secondary N) is 2. The van der Waals surface area contributed by atoms with E-state index in [1.165, 1.54) is 50.9 Å². The van der Waals surface area contributed by atoms with E-state index in [-0.39, 0.29) is 44.3 Å². The number of rotatable bonds is 7. The molecule has 0 atom stereocenters. The number of halogens is 5. The number of hydrogen-bond donors (Lipinski definition) is 2. The van der Waals surface area contributed by atoms with Gasteiger partial charge in [0.2, 0.25) is 0 Å². The third-order valence-electron chi connectivity index (χ3n) is 5.42. The second kappa shape index (κ2) is 11.0. The Morgan fingerprint density at radius 2 is 1.88 bits per heavy atom. The summed E-state index contributed by atoms with van der Waals surface area (Å²) < 4.78 is 91.2. The molecule has 2 N–H and O–H groups in total. The lowest BCUT2D eigenvalue weighted by molar-refractivity contribution is -0.139. The van der Waals surface area contributed by atoms with E-state index in [1.807, 2.05) is 0 Å². The van der Waals surface area contributed by atoms with E-state index in [4.69, 9.17) is 20.8 Å². The molecule has 0 saturated carbocycles. The van der Waals surface area contributed by atoms with Gasteiger partial charge in [0.15, 0.2) is 0 Å². The minimum Gasteiger partial charge on any atom is -0.495 e. The number of pyridine rings is 1. The van der Waals surface area contributed by atoms with Crippen LogP contribution in [0.25, 0.3) is 11.1 Å². The molecule has 0 aliphatic heterocycles. The van der Waals surface area contributed by atoms with E-state index in [2.05, 4.69) is 20.0 Å². The molecular weight excluding hydrogens is 582 g/mol. The van der Waals surface area contributed by atoms with E-state index in [0.717, 1.165) is 17.2 Å². The highest BCUT2D eigenvalue weighted by Crippen LogP contribution is 2.42. The summed E-state index contributed by atoms with van der Waals surface area (Å²) in [5.74, 6) is -1.52. The van der Waals surface area contributed by atoms with E-state index in [9.17, 15) is 30.8 Å². The van der Waals surface area contributed by atoms with Gasteiger partial charge in [-0.1, -0.05) is 17.7 Å². The van der Waals surface area contributed by atoms with Crippen molar-refractivity contribution in [2.75, 3.05) is 23.8 Å². The van der Waals surface area contributed by atoms with Crippen molar-refractivity contribution in [3.63, 3.8) is 0 Å². The first-order valence-electron chi connectivity index (χ1n) is 11.0. The molecule has 0 unspecified atom stereocenters. The average Bonchev–Trinajstić information content (AvgIpc) is 3.41. The SMILES string of the molecule is CNC(=O)N(c1ccc(S(=O)(=O)Nc2ncco2)cn1)c1cc(Cl)c(-c2ccc(F)c(C(F)(F)F)c2)cc1OC. The van der Waals surface area contributed by atoms with Crippen molar-refractivity contribution < 1.29 is 39.9 Å². The summed E-state index contributed by atoms with van der Waals surface area (Å²) >= 11 is 6.42. The third kappa shape index (κ3) is 5.79. The lowest BCUT2D eigenvalue weighted by Crippen LogP contribution is -2.35. The van der Waals surface area contributed by atoms with Gasteiger partial charge in [-0.05, 0) is 42.0 Å². The number of ether oxygens (including phenoxy) is 1. The summed E-state index contributed by atoms with van der Waals surface area (Å²) in [6.45, 7) is 0. The molecule has 40 heavy (non-hydrogen) atoms. The monoisotopic (exact) mass is 599 g/mol. The second-order valence-corrected chi connectivity index (χ2v) is 9.97. The standard InChI is InChI=1S/C24H18ClF4N5O5S/c1-30-23(35)34(21-6-4-14(12-32-21)40(36,37)33-22-31-7-8-39-22)19-11-17(25)15(10-20(19)38-2)13-3-5-18(26)16(9-13)24(27,28)29/h3-12H,1-2H3,(H,30,35)(H,31,33). The number of anilines is 3. The summed E-state index contributed by atoms with van der Waals surface area (Å²) in [4.78, 5) is 21.4. The molecule has 2 heterocycles. The number of urea groups is 1. The smallest absolute Gasteiger partial charge is 0.419 e. The van der Waals surface area contributed by atoms with Gasteiger partial charge in [-0.25, -0.2) is 37.2 Å². The van der Waals surface area contributed by atoms with Gasteiger partial charge in [-0.15, -0.1) is 0 Å². The van der Waals surface area contributed by atoms with Crippen LogP contribution in [-0.4, -0.2) is 38.6 Å². The highest BCUT2D eigenvalue weighted by molar-refractivity contribution is 7.92. The maximum atomic E-state index is 13.8. The maximum absolute atomic E-state index is 13.8. The van der Waals surface area contributed by atoms with Crippen molar-refractivity contribution in [3.8, 4) is 16.9 Å². The Labute approximate surface area is 229 Å². The highest BCUT2D eigenvalue weighted by Gasteiger charge is 2.34. The minimum atomic E-state index is -4.94. The summed E-state index contributed by atoms with van der Waals surface area (Å²) in [5.41, 5.74) is -1.44. The van der Waals surface area contributed by atoms with Gasteiger partial charge in [-0.2, -0.15) is 13.2 Å². The number of carbonyl (C=O) groups excluding carboxylic acids is 1. The molecule has 4 rings (SSSR count). The van der Waals surface area contributed by atoms with E-state index in [1.54, 1.807) is 0 Å². The number of methoxy groups -OCH3 is 1. The van der Waals surface area contributed by atoms with E-state index >= 15 is 0 Å². The summed E-state index contributed by atoms with van der Waals surface area (Å²) in [6.07, 6.45) is -1.54. The number of alkyl halides is 3. The van der Waals surface area contributed by atoms with Gasteiger partial charge < -0.3 is 14.5 Å². The molecule has 16 heteroatoms. The number of amides is 2. The first-order chi connectivity index (χ1) is 18.9. The van der Waals surface area contributed by atoms with Crippen LogP contribution in [0.2, 0.25) is 5.02 Å². The molecule has 2 aromatic heterocycles. The second-order valence-electron chi connectivity index (χ2n) is 7.88. The summed E-state index contributed by atoms with van der Waals surface area (Å²) in [6, 6.07) is 6.33. The van der Waals surface area contributed by atoms with Crippen molar-refractivity contribution >= 4 is 45.2 Å². The third-order valence-corrected chi connectivity index (χ3v) is 7.04. The van der Waals surface area contributed by atoms with Gasteiger partial charge >= 0.3 is 18.2 Å².